The minimum absolute atomic E-state index is 0.0358. The van der Waals surface area contributed by atoms with Crippen LogP contribution in [0.3, 0.4) is 0 Å². The number of pyridine rings is 1. The van der Waals surface area contributed by atoms with Crippen molar-refractivity contribution >= 4 is 69.7 Å². The Hall–Kier alpha value is -6.18. The van der Waals surface area contributed by atoms with E-state index in [0.29, 0.717) is 50.8 Å². The number of phenols is 1. The highest BCUT2D eigenvalue weighted by atomic mass is 35.5. The molecule has 0 bridgehead atoms. The number of para-hydroxylation sites is 1. The molecular weight excluding hydrogens is 830 g/mol. The quantitative estimate of drug-likeness (QED) is 0.109. The van der Waals surface area contributed by atoms with E-state index < -0.39 is 69.5 Å². The number of aryl methyl sites for hydroxylation is 2. The van der Waals surface area contributed by atoms with Crippen molar-refractivity contribution in [2.24, 2.45) is 23.7 Å². The Bertz CT molecular complexity index is 2650. The van der Waals surface area contributed by atoms with Gasteiger partial charge in [0.05, 0.1) is 39.4 Å². The first-order valence-corrected chi connectivity index (χ1v) is 20.3. The number of rotatable bonds is 7. The molecule has 15 heteroatoms. The summed E-state index contributed by atoms with van der Waals surface area (Å²) >= 11 is 12.7. The topological polar surface area (TPSA) is 132 Å². The van der Waals surface area contributed by atoms with Gasteiger partial charge >= 0.3 is 6.18 Å². The summed E-state index contributed by atoms with van der Waals surface area (Å²) < 4.78 is 40.7. The summed E-state index contributed by atoms with van der Waals surface area (Å²) in [5, 5.41) is 14.9. The lowest BCUT2D eigenvalue weighted by molar-refractivity contribution is -0.139. The summed E-state index contributed by atoms with van der Waals surface area (Å²) in [4.78, 5) is 64.6. The highest BCUT2D eigenvalue weighted by Gasteiger charge is 2.70. The Morgan fingerprint density at radius 3 is 2.11 bits per heavy atom. The van der Waals surface area contributed by atoms with Crippen LogP contribution in [0.4, 0.5) is 36.1 Å². The van der Waals surface area contributed by atoms with E-state index >= 15 is 9.59 Å². The molecule has 2 aliphatic heterocycles. The highest BCUT2D eigenvalue weighted by molar-refractivity contribution is 6.33. The SMILES string of the molecule is Cc1cc(C2C3=CCC4C(=O)N(c5ccc(Nc6ccccc6)cc5)C(=O)C4C3CC3C(=O)N(Nc4ncc(C(F)(F)F)cc4Cl)C(=O)C32c2ccc(Cl)cc2)cc(C)c1O. The van der Waals surface area contributed by atoms with Gasteiger partial charge < -0.3 is 10.4 Å². The van der Waals surface area contributed by atoms with E-state index in [1.807, 2.05) is 36.4 Å². The van der Waals surface area contributed by atoms with Crippen molar-refractivity contribution in [1.29, 1.82) is 0 Å². The molecule has 6 unspecified atom stereocenters. The number of halogens is 5. The molecule has 10 nitrogen and oxygen atoms in total. The number of nitrogens with one attached hydrogen (secondary N) is 2. The van der Waals surface area contributed by atoms with Crippen LogP contribution < -0.4 is 15.6 Å². The Morgan fingerprint density at radius 1 is 0.820 bits per heavy atom. The second-order valence-corrected chi connectivity index (χ2v) is 16.8. The predicted octanol–water partition coefficient (Wildman–Crippen LogP) is 9.66. The first-order valence-electron chi connectivity index (χ1n) is 19.5. The van der Waals surface area contributed by atoms with Gasteiger partial charge in [-0.15, -0.1) is 0 Å². The van der Waals surface area contributed by atoms with Gasteiger partial charge in [0.15, 0.2) is 5.82 Å². The maximum atomic E-state index is 15.5. The van der Waals surface area contributed by atoms with E-state index in [4.69, 9.17) is 23.2 Å². The maximum absolute atomic E-state index is 15.5. The Balaban J connectivity index is 1.16. The first kappa shape index (κ1) is 40.2. The van der Waals surface area contributed by atoms with Gasteiger partial charge in [-0.25, -0.2) is 4.98 Å². The van der Waals surface area contributed by atoms with Crippen molar-refractivity contribution in [2.75, 3.05) is 15.6 Å². The molecule has 4 aromatic carbocycles. The number of fused-ring (bicyclic) bond motifs is 4. The average Bonchev–Trinajstić information content (AvgIpc) is 3.61. The summed E-state index contributed by atoms with van der Waals surface area (Å²) in [6.45, 7) is 3.44. The third-order valence-electron chi connectivity index (χ3n) is 12.6. The number of anilines is 4. The number of amides is 4. The van der Waals surface area contributed by atoms with Gasteiger partial charge in [-0.3, -0.25) is 29.5 Å². The van der Waals surface area contributed by atoms with Crippen LogP contribution in [0.25, 0.3) is 0 Å². The fraction of sp³-hybridized carbons (Fsp3) is 0.239. The molecule has 1 saturated carbocycles. The normalized spacial score (nSPS) is 24.6. The number of hydrogen-bond acceptors (Lipinski definition) is 8. The fourth-order valence-electron chi connectivity index (χ4n) is 9.95. The third-order valence-corrected chi connectivity index (χ3v) is 13.1. The predicted molar refractivity (Wildman–Crippen MR) is 223 cm³/mol. The van der Waals surface area contributed by atoms with Gasteiger partial charge in [-0.2, -0.15) is 18.2 Å². The number of aromatic hydroxyl groups is 1. The number of aromatic nitrogens is 1. The molecule has 3 N–H and O–H groups in total. The monoisotopic (exact) mass is 865 g/mol. The van der Waals surface area contributed by atoms with Crippen LogP contribution in [0.1, 0.15) is 46.6 Å². The number of hydrogen-bond donors (Lipinski definition) is 3. The molecule has 5 aromatic rings. The minimum atomic E-state index is -4.75. The number of phenolic OH excluding ortho intramolecular Hbond substituents is 1. The second-order valence-electron chi connectivity index (χ2n) is 16.0. The van der Waals surface area contributed by atoms with Gasteiger partial charge in [0.2, 0.25) is 11.8 Å². The van der Waals surface area contributed by atoms with Gasteiger partial charge in [0.25, 0.3) is 11.8 Å². The minimum Gasteiger partial charge on any atom is -0.507 e. The number of imide groups is 2. The average molecular weight is 867 g/mol. The van der Waals surface area contributed by atoms with Crippen molar-refractivity contribution in [3.63, 3.8) is 0 Å². The van der Waals surface area contributed by atoms with E-state index in [-0.39, 0.29) is 30.3 Å². The molecule has 9 rings (SSSR count). The molecule has 61 heavy (non-hydrogen) atoms. The van der Waals surface area contributed by atoms with Crippen LogP contribution in [0, 0.1) is 37.5 Å². The van der Waals surface area contributed by atoms with Crippen molar-refractivity contribution in [3.05, 3.63) is 153 Å². The van der Waals surface area contributed by atoms with Crippen LogP contribution in [0.15, 0.2) is 115 Å². The van der Waals surface area contributed by atoms with E-state index in [9.17, 15) is 27.9 Å². The van der Waals surface area contributed by atoms with Crippen molar-refractivity contribution in [1.82, 2.24) is 9.99 Å². The van der Waals surface area contributed by atoms with Crippen LogP contribution in [-0.4, -0.2) is 38.7 Å². The highest BCUT2D eigenvalue weighted by Crippen LogP contribution is 2.64. The second kappa shape index (κ2) is 14.8. The largest absolute Gasteiger partial charge is 0.507 e. The molecule has 3 fully saturated rings. The van der Waals surface area contributed by atoms with Gasteiger partial charge in [-0.1, -0.05) is 77.3 Å². The van der Waals surface area contributed by atoms with Crippen LogP contribution >= 0.6 is 23.2 Å². The zero-order chi connectivity index (χ0) is 43.1. The molecule has 3 heterocycles. The number of carbonyl (C=O) groups is 4. The smallest absolute Gasteiger partial charge is 0.417 e. The number of allylic oxidation sites excluding steroid dienone is 2. The Kier molecular flexibility index (Phi) is 9.74. The number of benzene rings is 4. The molecule has 2 aliphatic carbocycles. The first-order chi connectivity index (χ1) is 29.1. The maximum Gasteiger partial charge on any atom is 0.417 e. The molecular formula is C46H36Cl2F3N5O5. The summed E-state index contributed by atoms with van der Waals surface area (Å²) in [5.74, 6) is -7.06. The van der Waals surface area contributed by atoms with Crippen LogP contribution in [0.5, 0.6) is 5.75 Å². The molecule has 4 amide bonds. The van der Waals surface area contributed by atoms with E-state index in [0.717, 1.165) is 16.4 Å². The van der Waals surface area contributed by atoms with Gasteiger partial charge in [0, 0.05) is 28.5 Å². The van der Waals surface area contributed by atoms with Crippen LogP contribution in [0.2, 0.25) is 10.0 Å². The molecule has 1 aromatic heterocycles. The van der Waals surface area contributed by atoms with Crippen molar-refractivity contribution in [3.8, 4) is 5.75 Å². The van der Waals surface area contributed by atoms with E-state index in [1.54, 1.807) is 74.5 Å². The van der Waals surface area contributed by atoms with Crippen molar-refractivity contribution in [2.45, 2.75) is 44.2 Å². The lowest BCUT2D eigenvalue weighted by Gasteiger charge is -2.50. The molecule has 0 spiro atoms. The Morgan fingerprint density at radius 2 is 1.48 bits per heavy atom. The van der Waals surface area contributed by atoms with Gasteiger partial charge in [-0.05, 0) is 109 Å². The molecule has 2 saturated heterocycles. The molecule has 6 atom stereocenters. The van der Waals surface area contributed by atoms with Crippen LogP contribution in [-0.2, 0) is 30.8 Å². The standard InChI is InChI=1S/C46H36Cl2F3N5O5/c1-23-18-25(19-24(2)39(23)57)38-32-16-17-33-37(43(60)55(41(33)58)31-14-12-30(13-15-31)53-29-6-4-3-5-7-29)34(32)21-35-42(59)56(44(61)45(35,38)26-8-10-28(47)11-9-26)54-40-36(48)20-27(22-52-40)46(49,50)51/h3-16,18-20,22,33-35,37-38,53,57H,17,21H2,1-2H3,(H,52,54). The van der Waals surface area contributed by atoms with Crippen molar-refractivity contribution < 1.29 is 37.5 Å². The lowest BCUT2D eigenvalue weighted by Crippen LogP contribution is -2.53. The lowest BCUT2D eigenvalue weighted by atomic mass is 9.49. The summed E-state index contributed by atoms with van der Waals surface area (Å²) in [6.07, 6.45) is -2.16. The number of nitrogens with zero attached hydrogens (tertiary/aromatic N) is 3. The zero-order valence-electron chi connectivity index (χ0n) is 32.5. The molecule has 310 valence electrons. The van der Waals surface area contributed by atoms with Gasteiger partial charge in [0.1, 0.15) is 5.75 Å². The summed E-state index contributed by atoms with van der Waals surface area (Å²) in [6, 6.07) is 27.2. The van der Waals surface area contributed by atoms with E-state index in [1.165, 1.54) is 4.90 Å². The zero-order valence-corrected chi connectivity index (χ0v) is 34.0. The molecule has 0 radical (unpaired) electrons. The Labute approximate surface area is 358 Å². The fourth-order valence-corrected chi connectivity index (χ4v) is 10.3. The number of carbonyl (C=O) groups excluding carboxylic acids is 4. The number of alkyl halides is 3. The summed E-state index contributed by atoms with van der Waals surface area (Å²) in [7, 11) is 0. The third kappa shape index (κ3) is 6.44. The molecule has 4 aliphatic rings. The number of hydrazine groups is 1. The van der Waals surface area contributed by atoms with E-state index in [2.05, 4.69) is 15.7 Å². The summed E-state index contributed by atoms with van der Waals surface area (Å²) in [5.41, 5.74) is 4.49.